The second-order valence-electron chi connectivity index (χ2n) is 6.02. The highest BCUT2D eigenvalue weighted by Crippen LogP contribution is 2.24. The molecule has 1 amide bonds. The molecule has 0 fully saturated rings. The first-order valence-electron chi connectivity index (χ1n) is 8.51. The van der Waals surface area contributed by atoms with Gasteiger partial charge in [0.05, 0.1) is 23.1 Å². The molecule has 0 aliphatic carbocycles. The number of benzene rings is 1. The number of aromatic nitrogens is 2. The summed E-state index contributed by atoms with van der Waals surface area (Å²) in [7, 11) is 1.81. The lowest BCUT2D eigenvalue weighted by Gasteiger charge is -2.16. The van der Waals surface area contributed by atoms with E-state index in [-0.39, 0.29) is 5.91 Å². The van der Waals surface area contributed by atoms with Crippen LogP contribution in [0.2, 0.25) is 0 Å². The Morgan fingerprint density at radius 3 is 2.72 bits per heavy atom. The molecule has 25 heavy (non-hydrogen) atoms. The van der Waals surface area contributed by atoms with Gasteiger partial charge in [0.25, 0.3) is 5.91 Å². The Bertz CT molecular complexity index is 856. The third-order valence-electron chi connectivity index (χ3n) is 4.09. The number of carbonyl (C=O) groups is 1. The summed E-state index contributed by atoms with van der Waals surface area (Å²) in [5.41, 5.74) is 3.11. The Hall–Kier alpha value is -2.95. The van der Waals surface area contributed by atoms with Crippen molar-refractivity contribution in [3.8, 4) is 0 Å². The molecule has 0 bridgehead atoms. The minimum absolute atomic E-state index is 0.0492. The van der Waals surface area contributed by atoms with Crippen molar-refractivity contribution in [1.82, 2.24) is 14.9 Å². The van der Waals surface area contributed by atoms with Gasteiger partial charge in [0.1, 0.15) is 5.69 Å². The Labute approximate surface area is 147 Å². The van der Waals surface area contributed by atoms with E-state index < -0.39 is 0 Å². The summed E-state index contributed by atoms with van der Waals surface area (Å²) in [6, 6.07) is 13.6. The fourth-order valence-corrected chi connectivity index (χ4v) is 2.65. The number of para-hydroxylation sites is 1. The van der Waals surface area contributed by atoms with Crippen LogP contribution in [0.25, 0.3) is 10.9 Å². The van der Waals surface area contributed by atoms with Crippen LogP contribution in [0, 0.1) is 0 Å². The van der Waals surface area contributed by atoms with Crippen LogP contribution in [0.4, 0.5) is 11.4 Å². The number of anilines is 2. The molecule has 0 aliphatic heterocycles. The van der Waals surface area contributed by atoms with Gasteiger partial charge in [-0.05, 0) is 30.7 Å². The zero-order valence-corrected chi connectivity index (χ0v) is 14.6. The maximum absolute atomic E-state index is 12.3. The summed E-state index contributed by atoms with van der Waals surface area (Å²) < 4.78 is 0. The van der Waals surface area contributed by atoms with Crippen LogP contribution in [0.15, 0.2) is 54.9 Å². The molecule has 3 aromatic rings. The third kappa shape index (κ3) is 3.94. The number of rotatable bonds is 6. The largest absolute Gasteiger partial charge is 0.352 e. The summed E-state index contributed by atoms with van der Waals surface area (Å²) >= 11 is 0. The molecule has 2 heterocycles. The molecule has 2 aromatic heterocycles. The second kappa shape index (κ2) is 7.75. The van der Waals surface area contributed by atoms with Crippen molar-refractivity contribution in [2.24, 2.45) is 0 Å². The van der Waals surface area contributed by atoms with Gasteiger partial charge in [-0.15, -0.1) is 0 Å². The fourth-order valence-electron chi connectivity index (χ4n) is 2.65. The topological polar surface area (TPSA) is 58.1 Å². The molecule has 0 unspecified atom stereocenters. The molecular weight excluding hydrogens is 312 g/mol. The number of fused-ring (bicyclic) bond motifs is 1. The molecule has 3 rings (SSSR count). The van der Waals surface area contributed by atoms with Gasteiger partial charge in [-0.3, -0.25) is 9.78 Å². The zero-order chi connectivity index (χ0) is 17.6. The van der Waals surface area contributed by atoms with Crippen LogP contribution in [-0.2, 0) is 0 Å². The van der Waals surface area contributed by atoms with E-state index in [2.05, 4.69) is 22.2 Å². The monoisotopic (exact) mass is 334 g/mol. The van der Waals surface area contributed by atoms with E-state index in [0.29, 0.717) is 5.69 Å². The van der Waals surface area contributed by atoms with Crippen molar-refractivity contribution in [2.45, 2.75) is 19.8 Å². The summed E-state index contributed by atoms with van der Waals surface area (Å²) in [6.07, 6.45) is 5.52. The number of amides is 1. The Morgan fingerprint density at radius 2 is 1.96 bits per heavy atom. The number of nitrogens with one attached hydrogen (secondary N) is 1. The molecule has 0 radical (unpaired) electrons. The van der Waals surface area contributed by atoms with E-state index in [9.17, 15) is 4.79 Å². The second-order valence-corrected chi connectivity index (χ2v) is 6.02. The first-order valence-corrected chi connectivity index (χ1v) is 8.51. The highest BCUT2D eigenvalue weighted by atomic mass is 16.2. The average molecular weight is 334 g/mol. The fraction of sp³-hybridized carbons (Fsp3) is 0.250. The molecule has 0 spiro atoms. The normalized spacial score (nSPS) is 10.6. The number of pyridine rings is 2. The standard InChI is InChI=1S/C20H22N4O/c1-3-4-13-24(2)20(25)18-11-10-16(14-22-18)23-17-9-5-7-15-8-6-12-21-19(15)17/h5-12,14,23H,3-4,13H2,1-2H3. The molecule has 1 N–H and O–H groups in total. The summed E-state index contributed by atoms with van der Waals surface area (Å²) in [4.78, 5) is 22.8. The lowest BCUT2D eigenvalue weighted by molar-refractivity contribution is 0.0787. The lowest BCUT2D eigenvalue weighted by Crippen LogP contribution is -2.28. The first-order chi connectivity index (χ1) is 12.2. The van der Waals surface area contributed by atoms with Crippen molar-refractivity contribution in [2.75, 3.05) is 18.9 Å². The van der Waals surface area contributed by atoms with E-state index in [1.165, 1.54) is 0 Å². The van der Waals surface area contributed by atoms with Gasteiger partial charge in [-0.2, -0.15) is 0 Å². The number of hydrogen-bond donors (Lipinski definition) is 1. The van der Waals surface area contributed by atoms with Crippen LogP contribution in [0.1, 0.15) is 30.3 Å². The predicted octanol–water partition coefficient (Wildman–Crippen LogP) is 4.25. The van der Waals surface area contributed by atoms with Crippen LogP contribution in [0.3, 0.4) is 0 Å². The van der Waals surface area contributed by atoms with Crippen LogP contribution in [-0.4, -0.2) is 34.4 Å². The van der Waals surface area contributed by atoms with E-state index in [1.54, 1.807) is 23.4 Å². The van der Waals surface area contributed by atoms with E-state index in [0.717, 1.165) is 41.7 Å². The SMILES string of the molecule is CCCCN(C)C(=O)c1ccc(Nc2cccc3cccnc23)cn1. The number of nitrogens with zero attached hydrogens (tertiary/aromatic N) is 3. The van der Waals surface area contributed by atoms with E-state index in [4.69, 9.17) is 0 Å². The lowest BCUT2D eigenvalue weighted by atomic mass is 10.2. The Morgan fingerprint density at radius 1 is 1.12 bits per heavy atom. The number of unbranched alkanes of at least 4 members (excludes halogenated alkanes) is 1. The van der Waals surface area contributed by atoms with Crippen molar-refractivity contribution < 1.29 is 4.79 Å². The van der Waals surface area contributed by atoms with E-state index in [1.807, 2.05) is 43.4 Å². The van der Waals surface area contributed by atoms with Crippen molar-refractivity contribution in [3.63, 3.8) is 0 Å². The molecule has 128 valence electrons. The van der Waals surface area contributed by atoms with Gasteiger partial charge in [0, 0.05) is 25.2 Å². The predicted molar refractivity (Wildman–Crippen MR) is 101 cm³/mol. The third-order valence-corrected chi connectivity index (χ3v) is 4.09. The summed E-state index contributed by atoms with van der Waals surface area (Å²) in [5.74, 6) is -0.0492. The molecule has 1 aromatic carbocycles. The van der Waals surface area contributed by atoms with Gasteiger partial charge in [-0.1, -0.05) is 31.5 Å². The smallest absolute Gasteiger partial charge is 0.272 e. The molecule has 0 saturated heterocycles. The molecular formula is C20H22N4O. The van der Waals surface area contributed by atoms with Crippen LogP contribution >= 0.6 is 0 Å². The molecule has 5 heteroatoms. The van der Waals surface area contributed by atoms with Crippen molar-refractivity contribution in [3.05, 3.63) is 60.6 Å². The quantitative estimate of drug-likeness (QED) is 0.732. The maximum Gasteiger partial charge on any atom is 0.272 e. The van der Waals surface area contributed by atoms with Gasteiger partial charge < -0.3 is 10.2 Å². The Kier molecular flexibility index (Phi) is 5.23. The molecule has 0 saturated carbocycles. The maximum atomic E-state index is 12.3. The minimum atomic E-state index is -0.0492. The molecule has 5 nitrogen and oxygen atoms in total. The summed E-state index contributed by atoms with van der Waals surface area (Å²) in [6.45, 7) is 2.86. The van der Waals surface area contributed by atoms with Crippen LogP contribution in [0.5, 0.6) is 0 Å². The Balaban J connectivity index is 1.75. The van der Waals surface area contributed by atoms with Crippen molar-refractivity contribution >= 4 is 28.2 Å². The van der Waals surface area contributed by atoms with Gasteiger partial charge in [0.2, 0.25) is 0 Å². The minimum Gasteiger partial charge on any atom is -0.352 e. The van der Waals surface area contributed by atoms with Gasteiger partial charge in [0.15, 0.2) is 0 Å². The highest BCUT2D eigenvalue weighted by molar-refractivity contribution is 5.93. The summed E-state index contributed by atoms with van der Waals surface area (Å²) in [5, 5.41) is 4.40. The number of carbonyl (C=O) groups excluding carboxylic acids is 1. The average Bonchev–Trinajstić information content (AvgIpc) is 2.66. The molecule has 0 aliphatic rings. The first kappa shape index (κ1) is 16.9. The van der Waals surface area contributed by atoms with Crippen LogP contribution < -0.4 is 5.32 Å². The molecule has 0 atom stereocenters. The highest BCUT2D eigenvalue weighted by Gasteiger charge is 2.12. The van der Waals surface area contributed by atoms with E-state index >= 15 is 0 Å². The zero-order valence-electron chi connectivity index (χ0n) is 14.6. The van der Waals surface area contributed by atoms with Gasteiger partial charge >= 0.3 is 0 Å². The van der Waals surface area contributed by atoms with Crippen molar-refractivity contribution in [1.29, 1.82) is 0 Å². The number of hydrogen-bond acceptors (Lipinski definition) is 4. The van der Waals surface area contributed by atoms with Gasteiger partial charge in [-0.25, -0.2) is 4.98 Å².